The van der Waals surface area contributed by atoms with Crippen molar-refractivity contribution in [3.05, 3.63) is 52.0 Å². The molecule has 168 valence electrons. The van der Waals surface area contributed by atoms with E-state index in [0.717, 1.165) is 18.5 Å². The predicted molar refractivity (Wildman–Crippen MR) is 120 cm³/mol. The summed E-state index contributed by atoms with van der Waals surface area (Å²) in [5, 5.41) is 12.2. The Morgan fingerprint density at radius 3 is 2.97 bits per heavy atom. The first kappa shape index (κ1) is 22.2. The minimum absolute atomic E-state index is 0.0636. The van der Waals surface area contributed by atoms with Gasteiger partial charge in [0.1, 0.15) is 18.2 Å². The van der Waals surface area contributed by atoms with E-state index in [9.17, 15) is 14.3 Å². The molecule has 2 heterocycles. The standard InChI is InChI=1S/C24H31FN2O3S/c1-2-19(28)14-26(13-17-6-7-17)15-24(29)27-10-8-23-21(9-11-31-23)22(27)16-30-20-5-3-4-18(25)12-20/h3-5,9,11-12,17,19,22,28H,2,6-8,10,13-16H2,1H3. The fourth-order valence-electron chi connectivity index (χ4n) is 4.19. The Hall–Kier alpha value is -1.96. The molecule has 5 nitrogen and oxygen atoms in total. The van der Waals surface area contributed by atoms with Crippen molar-refractivity contribution in [1.29, 1.82) is 0 Å². The number of thiophene rings is 1. The monoisotopic (exact) mass is 446 g/mol. The molecule has 2 aliphatic rings. The lowest BCUT2D eigenvalue weighted by Crippen LogP contribution is -2.48. The summed E-state index contributed by atoms with van der Waals surface area (Å²) in [5.74, 6) is 0.842. The number of nitrogens with zero attached hydrogens (tertiary/aromatic N) is 2. The zero-order valence-corrected chi connectivity index (χ0v) is 18.8. The van der Waals surface area contributed by atoms with Gasteiger partial charge in [-0.15, -0.1) is 11.3 Å². The number of aliphatic hydroxyl groups excluding tert-OH is 1. The maximum Gasteiger partial charge on any atom is 0.237 e. The maximum absolute atomic E-state index is 13.5. The van der Waals surface area contributed by atoms with Crippen LogP contribution in [0.25, 0.3) is 0 Å². The van der Waals surface area contributed by atoms with E-state index in [-0.39, 0.29) is 17.8 Å². The number of aliphatic hydroxyl groups is 1. The van der Waals surface area contributed by atoms with Gasteiger partial charge in [-0.05, 0) is 60.7 Å². The topological polar surface area (TPSA) is 53.0 Å². The van der Waals surface area contributed by atoms with Crippen LogP contribution in [-0.4, -0.2) is 59.7 Å². The van der Waals surface area contributed by atoms with Gasteiger partial charge in [0.25, 0.3) is 0 Å². The number of fused-ring (bicyclic) bond motifs is 1. The third-order valence-electron chi connectivity index (χ3n) is 6.13. The number of carbonyl (C=O) groups excluding carboxylic acids is 1. The smallest absolute Gasteiger partial charge is 0.237 e. The van der Waals surface area contributed by atoms with Crippen LogP contribution in [0, 0.1) is 11.7 Å². The van der Waals surface area contributed by atoms with Crippen LogP contribution in [0.4, 0.5) is 4.39 Å². The number of rotatable bonds is 10. The van der Waals surface area contributed by atoms with E-state index in [4.69, 9.17) is 4.74 Å². The van der Waals surface area contributed by atoms with Crippen LogP contribution >= 0.6 is 11.3 Å². The van der Waals surface area contributed by atoms with Crippen molar-refractivity contribution in [3.63, 3.8) is 0 Å². The Kier molecular flexibility index (Phi) is 7.25. The highest BCUT2D eigenvalue weighted by molar-refractivity contribution is 7.10. The number of halogens is 1. The molecule has 0 radical (unpaired) electrons. The maximum atomic E-state index is 13.5. The van der Waals surface area contributed by atoms with E-state index in [0.29, 0.717) is 44.3 Å². The molecule has 1 aromatic carbocycles. The van der Waals surface area contributed by atoms with Crippen LogP contribution in [0.3, 0.4) is 0 Å². The molecule has 1 fully saturated rings. The Labute approximate surface area is 187 Å². The molecule has 0 spiro atoms. The third-order valence-corrected chi connectivity index (χ3v) is 7.13. The molecule has 2 atom stereocenters. The van der Waals surface area contributed by atoms with Gasteiger partial charge in [-0.2, -0.15) is 0 Å². The highest BCUT2D eigenvalue weighted by Crippen LogP contribution is 2.34. The highest BCUT2D eigenvalue weighted by atomic mass is 32.1. The fourth-order valence-corrected chi connectivity index (χ4v) is 5.11. The van der Waals surface area contributed by atoms with Gasteiger partial charge < -0.3 is 14.7 Å². The van der Waals surface area contributed by atoms with Crippen LogP contribution in [0.1, 0.15) is 42.7 Å². The SMILES string of the molecule is CCC(O)CN(CC(=O)N1CCc2sccc2C1COc1cccc(F)c1)CC1CC1. The van der Waals surface area contributed by atoms with Crippen molar-refractivity contribution in [1.82, 2.24) is 9.80 Å². The van der Waals surface area contributed by atoms with Crippen molar-refractivity contribution in [2.24, 2.45) is 5.92 Å². The number of carbonyl (C=O) groups is 1. The summed E-state index contributed by atoms with van der Waals surface area (Å²) in [7, 11) is 0. The summed E-state index contributed by atoms with van der Waals surface area (Å²) in [5.41, 5.74) is 1.13. The van der Waals surface area contributed by atoms with Gasteiger partial charge in [0.05, 0.1) is 18.7 Å². The molecule has 1 aliphatic heterocycles. The van der Waals surface area contributed by atoms with Gasteiger partial charge in [-0.25, -0.2) is 4.39 Å². The molecular weight excluding hydrogens is 415 g/mol. The molecule has 1 N–H and O–H groups in total. The lowest BCUT2D eigenvalue weighted by Gasteiger charge is -2.37. The van der Waals surface area contributed by atoms with E-state index in [1.807, 2.05) is 11.8 Å². The zero-order valence-electron chi connectivity index (χ0n) is 18.0. The van der Waals surface area contributed by atoms with Gasteiger partial charge in [0.2, 0.25) is 5.91 Å². The predicted octanol–water partition coefficient (Wildman–Crippen LogP) is 3.87. The summed E-state index contributed by atoms with van der Waals surface area (Å²) < 4.78 is 19.5. The molecule has 4 rings (SSSR count). The van der Waals surface area contributed by atoms with Crippen molar-refractivity contribution in [3.8, 4) is 5.75 Å². The Balaban J connectivity index is 1.46. The molecular formula is C24H31FN2O3S. The second-order valence-electron chi connectivity index (χ2n) is 8.62. The number of hydrogen-bond donors (Lipinski definition) is 1. The van der Waals surface area contributed by atoms with Crippen LogP contribution in [0.2, 0.25) is 0 Å². The molecule has 2 unspecified atom stereocenters. The van der Waals surface area contributed by atoms with E-state index in [1.165, 1.54) is 29.9 Å². The first-order chi connectivity index (χ1) is 15.0. The Morgan fingerprint density at radius 1 is 1.39 bits per heavy atom. The molecule has 31 heavy (non-hydrogen) atoms. The molecule has 1 amide bonds. The number of amides is 1. The fraction of sp³-hybridized carbons (Fsp3) is 0.542. The van der Waals surface area contributed by atoms with Crippen molar-refractivity contribution >= 4 is 17.2 Å². The van der Waals surface area contributed by atoms with Crippen LogP contribution < -0.4 is 4.74 Å². The number of benzene rings is 1. The van der Waals surface area contributed by atoms with Gasteiger partial charge >= 0.3 is 0 Å². The van der Waals surface area contributed by atoms with Gasteiger partial charge in [0.15, 0.2) is 0 Å². The summed E-state index contributed by atoms with van der Waals surface area (Å²) in [6, 6.07) is 7.99. The largest absolute Gasteiger partial charge is 0.491 e. The molecule has 0 saturated heterocycles. The first-order valence-corrected chi connectivity index (χ1v) is 12.1. The second kappa shape index (κ2) is 10.1. The Morgan fingerprint density at radius 2 is 2.23 bits per heavy atom. The normalized spacial score (nSPS) is 19.4. The minimum Gasteiger partial charge on any atom is -0.491 e. The number of hydrogen-bond acceptors (Lipinski definition) is 5. The van der Waals surface area contributed by atoms with Gasteiger partial charge in [-0.1, -0.05) is 13.0 Å². The van der Waals surface area contributed by atoms with Crippen molar-refractivity contribution in [2.75, 3.05) is 32.8 Å². The summed E-state index contributed by atoms with van der Waals surface area (Å²) in [6.45, 7) is 4.61. The molecule has 7 heteroatoms. The number of ether oxygens (including phenoxy) is 1. The molecule has 1 aromatic heterocycles. The van der Waals surface area contributed by atoms with Crippen molar-refractivity contribution in [2.45, 2.75) is 44.8 Å². The summed E-state index contributed by atoms with van der Waals surface area (Å²) >= 11 is 1.71. The molecule has 1 aliphatic carbocycles. The van der Waals surface area contributed by atoms with E-state index >= 15 is 0 Å². The quantitative estimate of drug-likeness (QED) is 0.602. The Bertz CT molecular complexity index is 885. The third kappa shape index (κ3) is 5.84. The van der Waals surface area contributed by atoms with E-state index < -0.39 is 6.10 Å². The average molecular weight is 447 g/mol. The summed E-state index contributed by atoms with van der Waals surface area (Å²) in [6.07, 6.45) is 3.53. The summed E-state index contributed by atoms with van der Waals surface area (Å²) in [4.78, 5) is 18.7. The van der Waals surface area contributed by atoms with E-state index in [1.54, 1.807) is 23.5 Å². The van der Waals surface area contributed by atoms with Crippen molar-refractivity contribution < 1.29 is 19.0 Å². The highest BCUT2D eigenvalue weighted by Gasteiger charge is 2.34. The van der Waals surface area contributed by atoms with Crippen LogP contribution in [0.5, 0.6) is 5.75 Å². The molecule has 1 saturated carbocycles. The lowest BCUT2D eigenvalue weighted by atomic mass is 10.0. The minimum atomic E-state index is -0.413. The molecule has 2 aromatic rings. The second-order valence-corrected chi connectivity index (χ2v) is 9.62. The van der Waals surface area contributed by atoms with Crippen LogP contribution in [0.15, 0.2) is 35.7 Å². The average Bonchev–Trinajstić information content (AvgIpc) is 3.43. The lowest BCUT2D eigenvalue weighted by molar-refractivity contribution is -0.136. The van der Waals surface area contributed by atoms with Crippen LogP contribution in [-0.2, 0) is 11.2 Å². The van der Waals surface area contributed by atoms with Gasteiger partial charge in [0, 0.05) is 30.6 Å². The van der Waals surface area contributed by atoms with Gasteiger partial charge in [-0.3, -0.25) is 9.69 Å². The first-order valence-electron chi connectivity index (χ1n) is 11.2. The molecule has 0 bridgehead atoms. The zero-order chi connectivity index (χ0) is 21.8. The van der Waals surface area contributed by atoms with E-state index in [2.05, 4.69) is 16.3 Å².